The van der Waals surface area contributed by atoms with Crippen LogP contribution in [-0.4, -0.2) is 22.8 Å². The van der Waals surface area contributed by atoms with Crippen molar-refractivity contribution < 1.29 is 8.78 Å². The summed E-state index contributed by atoms with van der Waals surface area (Å²) < 4.78 is 25.0. The molecule has 0 aliphatic heterocycles. The third-order valence-electron chi connectivity index (χ3n) is 1.53. The van der Waals surface area contributed by atoms with Crippen LogP contribution in [0.3, 0.4) is 0 Å². The molecule has 0 aliphatic carbocycles. The lowest BCUT2D eigenvalue weighted by molar-refractivity contribution is 0.163. The lowest BCUT2D eigenvalue weighted by Gasteiger charge is -2.07. The smallest absolute Gasteiger partial charge is 0.282 e. The van der Waals surface area contributed by atoms with Gasteiger partial charge in [0.05, 0.1) is 18.4 Å². The van der Waals surface area contributed by atoms with E-state index in [1.54, 1.807) is 0 Å². The second kappa shape index (κ2) is 4.50. The number of aromatic nitrogens is 2. The van der Waals surface area contributed by atoms with Gasteiger partial charge in [-0.05, 0) is 15.9 Å². The summed E-state index contributed by atoms with van der Waals surface area (Å²) >= 11 is 3.00. The van der Waals surface area contributed by atoms with Crippen LogP contribution in [0.1, 0.15) is 0 Å². The topological polar surface area (TPSA) is 46.9 Å². The molecule has 0 amide bonds. The molecule has 0 unspecified atom stereocenters. The summed E-state index contributed by atoms with van der Waals surface area (Å²) in [5.41, 5.74) is -0.0994. The zero-order valence-electron chi connectivity index (χ0n) is 7.30. The molecule has 0 radical (unpaired) electrons. The lowest BCUT2D eigenvalue weighted by atomic mass is 10.4. The number of nitrogens with zero attached hydrogens (tertiary/aromatic N) is 2. The van der Waals surface area contributed by atoms with E-state index < -0.39 is 13.0 Å². The molecule has 0 bridgehead atoms. The van der Waals surface area contributed by atoms with Crippen molar-refractivity contribution in [3.05, 3.63) is 21.0 Å². The Labute approximate surface area is 87.1 Å². The standard InChI is InChI=1S/C7H8BrF2N3O/c1-13-7(14)6(8)4(2-12-13)11-3-5(9)10/h2,5,11H,3H2,1H3. The normalized spacial score (nSPS) is 10.6. The van der Waals surface area contributed by atoms with Crippen molar-refractivity contribution in [2.75, 3.05) is 11.9 Å². The third-order valence-corrected chi connectivity index (χ3v) is 2.29. The number of alkyl halides is 2. The molecular weight excluding hydrogens is 260 g/mol. The Morgan fingerprint density at radius 2 is 2.36 bits per heavy atom. The molecule has 14 heavy (non-hydrogen) atoms. The van der Waals surface area contributed by atoms with Crippen LogP contribution in [0.4, 0.5) is 14.5 Å². The van der Waals surface area contributed by atoms with Gasteiger partial charge in [-0.3, -0.25) is 4.79 Å². The fraction of sp³-hybridized carbons (Fsp3) is 0.429. The lowest BCUT2D eigenvalue weighted by Crippen LogP contribution is -2.22. The van der Waals surface area contributed by atoms with Crippen LogP contribution in [-0.2, 0) is 7.05 Å². The van der Waals surface area contributed by atoms with Crippen LogP contribution in [0.5, 0.6) is 0 Å². The van der Waals surface area contributed by atoms with Gasteiger partial charge in [0.2, 0.25) is 0 Å². The van der Waals surface area contributed by atoms with Crippen molar-refractivity contribution in [1.82, 2.24) is 9.78 Å². The van der Waals surface area contributed by atoms with Crippen molar-refractivity contribution in [2.24, 2.45) is 7.05 Å². The maximum atomic E-state index is 11.9. The quantitative estimate of drug-likeness (QED) is 0.896. The predicted molar refractivity (Wildman–Crippen MR) is 51.7 cm³/mol. The average Bonchev–Trinajstić information content (AvgIpc) is 2.13. The minimum Gasteiger partial charge on any atom is -0.377 e. The highest BCUT2D eigenvalue weighted by molar-refractivity contribution is 9.10. The highest BCUT2D eigenvalue weighted by atomic mass is 79.9. The van der Waals surface area contributed by atoms with Gasteiger partial charge >= 0.3 is 0 Å². The number of hydrogen-bond acceptors (Lipinski definition) is 3. The Morgan fingerprint density at radius 3 is 2.93 bits per heavy atom. The summed E-state index contributed by atoms with van der Waals surface area (Å²) in [6.45, 7) is -0.507. The van der Waals surface area contributed by atoms with Crippen molar-refractivity contribution in [2.45, 2.75) is 6.43 Å². The molecule has 78 valence electrons. The van der Waals surface area contributed by atoms with Gasteiger partial charge in [-0.15, -0.1) is 0 Å². The zero-order valence-corrected chi connectivity index (χ0v) is 8.88. The highest BCUT2D eigenvalue weighted by Gasteiger charge is 2.08. The molecule has 1 aromatic heterocycles. The van der Waals surface area contributed by atoms with Gasteiger partial charge in [-0.1, -0.05) is 0 Å². The minimum atomic E-state index is -2.47. The van der Waals surface area contributed by atoms with Crippen LogP contribution in [0.2, 0.25) is 0 Å². The van der Waals surface area contributed by atoms with E-state index in [1.165, 1.54) is 13.2 Å². The molecule has 7 heteroatoms. The summed E-state index contributed by atoms with van der Waals surface area (Å²) in [6, 6.07) is 0. The first-order chi connectivity index (χ1) is 6.52. The second-order valence-electron chi connectivity index (χ2n) is 2.57. The van der Waals surface area contributed by atoms with Crippen molar-refractivity contribution in [1.29, 1.82) is 0 Å². The third kappa shape index (κ3) is 2.50. The first-order valence-electron chi connectivity index (χ1n) is 3.76. The molecule has 0 saturated carbocycles. The Kier molecular flexibility index (Phi) is 3.56. The van der Waals surface area contributed by atoms with Crippen LogP contribution >= 0.6 is 15.9 Å². The molecule has 0 spiro atoms. The van der Waals surface area contributed by atoms with Gasteiger partial charge in [0.1, 0.15) is 4.47 Å². The van der Waals surface area contributed by atoms with Crippen molar-refractivity contribution in [3.8, 4) is 0 Å². The van der Waals surface area contributed by atoms with Crippen LogP contribution in [0, 0.1) is 0 Å². The number of nitrogens with one attached hydrogen (secondary N) is 1. The summed E-state index contributed by atoms with van der Waals surface area (Å²) in [4.78, 5) is 11.3. The molecule has 1 heterocycles. The molecule has 1 rings (SSSR count). The summed E-state index contributed by atoms with van der Waals surface area (Å²) in [5.74, 6) is 0. The average molecular weight is 268 g/mol. The number of halogens is 3. The molecule has 1 aromatic rings. The number of aryl methyl sites for hydroxylation is 1. The van der Waals surface area contributed by atoms with E-state index in [2.05, 4.69) is 26.3 Å². The molecule has 0 aromatic carbocycles. The van der Waals surface area contributed by atoms with Gasteiger partial charge in [0, 0.05) is 7.05 Å². The first-order valence-corrected chi connectivity index (χ1v) is 4.55. The van der Waals surface area contributed by atoms with Crippen LogP contribution in [0.15, 0.2) is 15.5 Å². The molecule has 4 nitrogen and oxygen atoms in total. The van der Waals surface area contributed by atoms with Crippen LogP contribution < -0.4 is 10.9 Å². The summed E-state index contributed by atoms with van der Waals surface area (Å²) in [5, 5.41) is 6.09. The Balaban J connectivity index is 2.89. The molecule has 0 atom stereocenters. The summed E-state index contributed by atoms with van der Waals surface area (Å²) in [6.07, 6.45) is -1.15. The Morgan fingerprint density at radius 1 is 1.71 bits per heavy atom. The van der Waals surface area contributed by atoms with Gasteiger partial charge in [-0.2, -0.15) is 5.10 Å². The first kappa shape index (κ1) is 11.1. The maximum absolute atomic E-state index is 11.9. The minimum absolute atomic E-state index is 0.204. The molecular formula is C7H8BrF2N3O. The maximum Gasteiger partial charge on any atom is 0.282 e. The summed E-state index contributed by atoms with van der Waals surface area (Å²) in [7, 11) is 1.48. The SMILES string of the molecule is Cn1ncc(NCC(F)F)c(Br)c1=O. The van der Waals surface area contributed by atoms with E-state index in [0.29, 0.717) is 0 Å². The largest absolute Gasteiger partial charge is 0.377 e. The molecule has 1 N–H and O–H groups in total. The van der Waals surface area contributed by atoms with E-state index in [1.807, 2.05) is 0 Å². The Hall–Kier alpha value is -0.980. The Bertz CT molecular complexity index is 380. The van der Waals surface area contributed by atoms with Gasteiger partial charge in [0.25, 0.3) is 12.0 Å². The molecule has 0 aliphatic rings. The fourth-order valence-corrected chi connectivity index (χ4v) is 1.32. The van der Waals surface area contributed by atoms with Crippen molar-refractivity contribution in [3.63, 3.8) is 0 Å². The van der Waals surface area contributed by atoms with Crippen LogP contribution in [0.25, 0.3) is 0 Å². The number of rotatable bonds is 3. The number of anilines is 1. The van der Waals surface area contributed by atoms with E-state index >= 15 is 0 Å². The van der Waals surface area contributed by atoms with E-state index in [-0.39, 0.29) is 15.7 Å². The monoisotopic (exact) mass is 267 g/mol. The molecule has 0 fully saturated rings. The van der Waals surface area contributed by atoms with E-state index in [0.717, 1.165) is 4.68 Å². The van der Waals surface area contributed by atoms with E-state index in [9.17, 15) is 13.6 Å². The second-order valence-corrected chi connectivity index (χ2v) is 3.37. The van der Waals surface area contributed by atoms with Gasteiger partial charge in [-0.25, -0.2) is 13.5 Å². The fourth-order valence-electron chi connectivity index (χ4n) is 0.821. The predicted octanol–water partition coefficient (Wildman–Crippen LogP) is 1.22. The number of hydrogen-bond donors (Lipinski definition) is 1. The highest BCUT2D eigenvalue weighted by Crippen LogP contribution is 2.15. The zero-order chi connectivity index (χ0) is 10.7. The van der Waals surface area contributed by atoms with Gasteiger partial charge in [0.15, 0.2) is 0 Å². The van der Waals surface area contributed by atoms with E-state index in [4.69, 9.17) is 0 Å². The van der Waals surface area contributed by atoms with Gasteiger partial charge < -0.3 is 5.32 Å². The van der Waals surface area contributed by atoms with Crippen molar-refractivity contribution >= 4 is 21.6 Å². The molecule has 0 saturated heterocycles.